The van der Waals surface area contributed by atoms with Crippen molar-refractivity contribution in [2.45, 2.75) is 0 Å². The smallest absolute Gasteiger partial charge is 0.164 e. The van der Waals surface area contributed by atoms with Crippen LogP contribution in [0, 0.1) is 0 Å². The van der Waals surface area contributed by atoms with Crippen molar-refractivity contribution < 1.29 is 8.83 Å². The van der Waals surface area contributed by atoms with E-state index in [-0.39, 0.29) is 0 Å². The lowest BCUT2D eigenvalue weighted by Gasteiger charge is -2.21. The molecule has 0 fully saturated rings. The van der Waals surface area contributed by atoms with E-state index in [2.05, 4.69) is 209 Å². The predicted molar refractivity (Wildman–Crippen MR) is 310 cm³/mol. The van der Waals surface area contributed by atoms with Gasteiger partial charge in [0.05, 0.1) is 27.8 Å². The van der Waals surface area contributed by atoms with Crippen molar-refractivity contribution in [1.82, 2.24) is 24.1 Å². The van der Waals surface area contributed by atoms with Gasteiger partial charge in [-0.15, -0.1) is 0 Å². The van der Waals surface area contributed by atoms with Gasteiger partial charge in [0.25, 0.3) is 0 Å². The summed E-state index contributed by atoms with van der Waals surface area (Å²) in [5, 5.41) is 8.91. The standard InChI is InChI=1S/C69H41N5O2/c1-4-18-42(19-5-1)54-36-46(69-71-67(44-32-34-52-50-26-12-16-30-62(50)75-64(52)38-44)70-68(72-69)45-33-35-53-51-27-13-17-31-63(51)76-65(53)39-45)37-55(43-20-6-2-7-21-43)66(54)74-59-29-15-11-25-49(59)57-40-60-56(41-61(57)74)48-24-10-14-28-58(48)73(60)47-22-8-3-9-23-47/h1-41H. The van der Waals surface area contributed by atoms with Crippen LogP contribution in [-0.2, 0) is 0 Å². The van der Waals surface area contributed by atoms with Gasteiger partial charge in [-0.3, -0.25) is 0 Å². The summed E-state index contributed by atoms with van der Waals surface area (Å²) in [6.45, 7) is 0. The Labute approximate surface area is 434 Å². The van der Waals surface area contributed by atoms with E-state index in [1.807, 2.05) is 48.5 Å². The van der Waals surface area contributed by atoms with Crippen molar-refractivity contribution in [2.75, 3.05) is 0 Å². The highest BCUT2D eigenvalue weighted by Crippen LogP contribution is 2.46. The Morgan fingerprint density at radius 1 is 0.250 bits per heavy atom. The molecule has 7 nitrogen and oxygen atoms in total. The minimum atomic E-state index is 0.528. The molecule has 16 aromatic rings. The topological polar surface area (TPSA) is 74.8 Å². The van der Waals surface area contributed by atoms with E-state index in [4.69, 9.17) is 23.8 Å². The molecule has 0 aliphatic carbocycles. The third kappa shape index (κ3) is 6.52. The Bertz CT molecular complexity index is 4800. The van der Waals surface area contributed by atoms with Crippen molar-refractivity contribution in [1.29, 1.82) is 0 Å². The minimum absolute atomic E-state index is 0.528. The Morgan fingerprint density at radius 2 is 0.645 bits per heavy atom. The van der Waals surface area contributed by atoms with Crippen LogP contribution in [0.2, 0.25) is 0 Å². The van der Waals surface area contributed by atoms with Gasteiger partial charge in [0.15, 0.2) is 17.5 Å². The number of hydrogen-bond acceptors (Lipinski definition) is 5. The van der Waals surface area contributed by atoms with Crippen LogP contribution in [0.4, 0.5) is 0 Å². The van der Waals surface area contributed by atoms with Gasteiger partial charge in [-0.2, -0.15) is 0 Å². The summed E-state index contributed by atoms with van der Waals surface area (Å²) in [7, 11) is 0. The quantitative estimate of drug-likeness (QED) is 0.159. The van der Waals surface area contributed by atoms with E-state index in [0.29, 0.717) is 17.5 Å². The summed E-state index contributed by atoms with van der Waals surface area (Å²) in [6, 6.07) is 87.7. The number of rotatable bonds is 7. The first kappa shape index (κ1) is 42.2. The first-order valence-corrected chi connectivity index (χ1v) is 25.6. The number of fused-ring (bicyclic) bond motifs is 12. The van der Waals surface area contributed by atoms with Crippen molar-refractivity contribution in [3.05, 3.63) is 249 Å². The molecule has 0 aliphatic heterocycles. The van der Waals surface area contributed by atoms with Crippen molar-refractivity contribution >= 4 is 87.5 Å². The lowest BCUT2D eigenvalue weighted by atomic mass is 9.92. The molecule has 7 heteroatoms. The minimum Gasteiger partial charge on any atom is -0.456 e. The second kappa shape index (κ2) is 16.6. The normalized spacial score (nSPS) is 11.9. The van der Waals surface area contributed by atoms with Gasteiger partial charge in [-0.25, -0.2) is 15.0 Å². The summed E-state index contributed by atoms with van der Waals surface area (Å²) in [6.07, 6.45) is 0. The zero-order chi connectivity index (χ0) is 49.8. The second-order valence-electron chi connectivity index (χ2n) is 19.5. The van der Waals surface area contributed by atoms with Gasteiger partial charge in [0.2, 0.25) is 0 Å². The Morgan fingerprint density at radius 3 is 1.16 bits per heavy atom. The summed E-state index contributed by atoms with van der Waals surface area (Å²) in [5.74, 6) is 1.59. The van der Waals surface area contributed by atoms with Crippen molar-refractivity contribution in [3.8, 4) is 67.8 Å². The van der Waals surface area contributed by atoms with Gasteiger partial charge < -0.3 is 18.0 Å². The van der Waals surface area contributed by atoms with Crippen molar-refractivity contribution in [3.63, 3.8) is 0 Å². The second-order valence-corrected chi connectivity index (χ2v) is 19.5. The Hall–Kier alpha value is -10.4. The Kier molecular flexibility index (Phi) is 9.20. The maximum atomic E-state index is 6.44. The largest absolute Gasteiger partial charge is 0.456 e. The van der Waals surface area contributed by atoms with Gasteiger partial charge in [-0.05, 0) is 96.1 Å². The molecule has 0 amide bonds. The van der Waals surface area contributed by atoms with Crippen molar-refractivity contribution in [2.24, 2.45) is 0 Å². The number of nitrogens with zero attached hydrogens (tertiary/aromatic N) is 5. The van der Waals surface area contributed by atoms with E-state index < -0.39 is 0 Å². The molecule has 0 N–H and O–H groups in total. The fourth-order valence-corrected chi connectivity index (χ4v) is 11.7. The molecule has 5 heterocycles. The van der Waals surface area contributed by atoms with Gasteiger partial charge in [0, 0.05) is 76.6 Å². The maximum Gasteiger partial charge on any atom is 0.164 e. The van der Waals surface area contributed by atoms with Crippen LogP contribution in [0.3, 0.4) is 0 Å². The molecule has 0 radical (unpaired) electrons. The highest BCUT2D eigenvalue weighted by molar-refractivity contribution is 6.20. The molecule has 0 saturated heterocycles. The fourth-order valence-electron chi connectivity index (χ4n) is 11.7. The number of hydrogen-bond donors (Lipinski definition) is 0. The molecule has 0 bridgehead atoms. The molecular weight excluding hydrogens is 931 g/mol. The van der Waals surface area contributed by atoms with Gasteiger partial charge in [0.1, 0.15) is 22.3 Å². The molecule has 76 heavy (non-hydrogen) atoms. The number of furan rings is 2. The zero-order valence-electron chi connectivity index (χ0n) is 40.7. The summed E-state index contributed by atoms with van der Waals surface area (Å²) >= 11 is 0. The first-order chi connectivity index (χ1) is 37.7. The summed E-state index contributed by atoms with van der Waals surface area (Å²) in [4.78, 5) is 16.1. The van der Waals surface area contributed by atoms with E-state index >= 15 is 0 Å². The molecule has 354 valence electrons. The lowest BCUT2D eigenvalue weighted by molar-refractivity contribution is 0.668. The van der Waals surface area contributed by atoms with E-state index in [1.54, 1.807) is 0 Å². The van der Waals surface area contributed by atoms with Crippen LogP contribution < -0.4 is 0 Å². The molecule has 11 aromatic carbocycles. The molecule has 16 rings (SSSR count). The third-order valence-electron chi connectivity index (χ3n) is 15.2. The summed E-state index contributed by atoms with van der Waals surface area (Å²) < 4.78 is 17.8. The highest BCUT2D eigenvalue weighted by Gasteiger charge is 2.25. The van der Waals surface area contributed by atoms with Crippen LogP contribution in [0.25, 0.3) is 155 Å². The van der Waals surface area contributed by atoms with E-state index in [0.717, 1.165) is 116 Å². The highest BCUT2D eigenvalue weighted by atomic mass is 16.3. The Balaban J connectivity index is 0.984. The fraction of sp³-hybridized carbons (Fsp3) is 0. The maximum absolute atomic E-state index is 6.44. The van der Waals surface area contributed by atoms with Crippen LogP contribution in [-0.4, -0.2) is 24.1 Å². The predicted octanol–water partition coefficient (Wildman–Crippen LogP) is 18.2. The first-order valence-electron chi connectivity index (χ1n) is 25.6. The van der Waals surface area contributed by atoms with Crippen LogP contribution >= 0.6 is 0 Å². The SMILES string of the molecule is c1ccc(-c2cc(-c3nc(-c4ccc5c(c4)oc4ccccc45)nc(-c4ccc5c(c4)oc4ccccc45)n3)cc(-c3ccccc3)c2-n2c3ccccc3c3cc4c(cc32)c2ccccc2n4-c2ccccc2)cc1. The lowest BCUT2D eigenvalue weighted by Crippen LogP contribution is -2.04. The molecule has 0 atom stereocenters. The number of benzene rings is 11. The molecule has 0 unspecified atom stereocenters. The molecule has 5 aromatic heterocycles. The zero-order valence-corrected chi connectivity index (χ0v) is 40.7. The molecule has 0 aliphatic rings. The number of para-hydroxylation sites is 5. The summed E-state index contributed by atoms with van der Waals surface area (Å²) in [5.41, 5.74) is 16.6. The van der Waals surface area contributed by atoms with E-state index in [9.17, 15) is 0 Å². The van der Waals surface area contributed by atoms with Crippen LogP contribution in [0.15, 0.2) is 258 Å². The number of aromatic nitrogens is 5. The molecule has 0 spiro atoms. The monoisotopic (exact) mass is 971 g/mol. The third-order valence-corrected chi connectivity index (χ3v) is 15.2. The average Bonchev–Trinajstić information content (AvgIpc) is 4.35. The van der Waals surface area contributed by atoms with E-state index in [1.165, 1.54) is 21.5 Å². The van der Waals surface area contributed by atoms with Crippen LogP contribution in [0.5, 0.6) is 0 Å². The molecular formula is C69H41N5O2. The molecule has 0 saturated carbocycles. The van der Waals surface area contributed by atoms with Crippen LogP contribution in [0.1, 0.15) is 0 Å². The van der Waals surface area contributed by atoms with Gasteiger partial charge in [-0.1, -0.05) is 164 Å². The van der Waals surface area contributed by atoms with Gasteiger partial charge >= 0.3 is 0 Å². The average molecular weight is 972 g/mol.